The van der Waals surface area contributed by atoms with Gasteiger partial charge >= 0.3 is 0 Å². The van der Waals surface area contributed by atoms with Crippen molar-refractivity contribution in [2.24, 2.45) is 11.1 Å². The predicted molar refractivity (Wildman–Crippen MR) is 143 cm³/mol. The number of pyridine rings is 1. The maximum absolute atomic E-state index is 12.7. The third-order valence-corrected chi connectivity index (χ3v) is 7.40. The number of piperidine rings is 1. The van der Waals surface area contributed by atoms with Gasteiger partial charge in [0.25, 0.3) is 5.91 Å². The molecule has 0 aliphatic carbocycles. The van der Waals surface area contributed by atoms with Gasteiger partial charge in [-0.15, -0.1) is 0 Å². The molecule has 190 valence electrons. The highest BCUT2D eigenvalue weighted by Crippen LogP contribution is 2.26. The van der Waals surface area contributed by atoms with Crippen molar-refractivity contribution >= 4 is 27.5 Å². The average Bonchev–Trinajstić information content (AvgIpc) is 2.86. The van der Waals surface area contributed by atoms with Crippen LogP contribution in [0.5, 0.6) is 0 Å². The molecular weight excluding hydrogens is 508 g/mol. The summed E-state index contributed by atoms with van der Waals surface area (Å²) in [4.78, 5) is 20.7. The molecule has 1 unspecified atom stereocenters. The van der Waals surface area contributed by atoms with E-state index in [1.165, 1.54) is 6.20 Å². The second kappa shape index (κ2) is 13.0. The highest BCUT2D eigenvalue weighted by molar-refractivity contribution is 9.10. The van der Waals surface area contributed by atoms with Crippen LogP contribution < -0.4 is 10.0 Å². The number of hydrogen-bond acceptors (Lipinski definition) is 5. The number of oxime groups is 1. The molecule has 1 aromatic carbocycles. The van der Waals surface area contributed by atoms with E-state index in [4.69, 9.17) is 4.84 Å². The van der Waals surface area contributed by atoms with Crippen molar-refractivity contribution in [1.29, 1.82) is 0 Å². The zero-order valence-corrected chi connectivity index (χ0v) is 22.8. The molecule has 3 rings (SSSR count). The van der Waals surface area contributed by atoms with Gasteiger partial charge in [-0.2, -0.15) is 4.73 Å². The lowest BCUT2D eigenvalue weighted by atomic mass is 9.87. The first-order valence-electron chi connectivity index (χ1n) is 12.5. The Labute approximate surface area is 217 Å². The Hall–Kier alpha value is -2.45. The smallest absolute Gasteiger partial charge is 0.257 e. The van der Waals surface area contributed by atoms with Crippen molar-refractivity contribution in [2.75, 3.05) is 26.2 Å². The van der Waals surface area contributed by atoms with Crippen molar-refractivity contribution in [2.45, 2.75) is 59.4 Å². The number of hydrogen-bond donors (Lipinski definition) is 1. The van der Waals surface area contributed by atoms with Crippen molar-refractivity contribution in [3.05, 3.63) is 68.6 Å². The molecule has 0 saturated carbocycles. The van der Waals surface area contributed by atoms with E-state index in [2.05, 4.69) is 50.4 Å². The first-order chi connectivity index (χ1) is 16.8. The molecule has 1 aliphatic heterocycles. The number of halogens is 1. The minimum absolute atomic E-state index is 0.176. The fourth-order valence-corrected chi connectivity index (χ4v) is 5.12. The number of rotatable bonds is 10. The van der Waals surface area contributed by atoms with Crippen molar-refractivity contribution < 1.29 is 14.4 Å². The minimum Gasteiger partial charge on any atom is -0.618 e. The molecular formula is C27H37BrN4O3. The second-order valence-corrected chi connectivity index (χ2v) is 10.0. The third-order valence-electron chi connectivity index (χ3n) is 6.87. The number of carbonyl (C=O) groups excluding carboxylic acids is 1. The van der Waals surface area contributed by atoms with Gasteiger partial charge in [0.05, 0.1) is 5.71 Å². The average molecular weight is 546 g/mol. The van der Waals surface area contributed by atoms with Gasteiger partial charge in [-0.25, -0.2) is 0 Å². The summed E-state index contributed by atoms with van der Waals surface area (Å²) in [5.41, 5.74) is 3.87. The van der Waals surface area contributed by atoms with Crippen LogP contribution in [0.25, 0.3) is 0 Å². The topological polar surface area (TPSA) is 80.9 Å². The van der Waals surface area contributed by atoms with Crippen LogP contribution >= 0.6 is 15.9 Å². The Kier molecular flexibility index (Phi) is 10.1. The lowest BCUT2D eigenvalue weighted by molar-refractivity contribution is -0.612. The number of aromatic nitrogens is 1. The maximum atomic E-state index is 12.7. The quantitative estimate of drug-likeness (QED) is 0.202. The van der Waals surface area contributed by atoms with E-state index < -0.39 is 0 Å². The highest BCUT2D eigenvalue weighted by Gasteiger charge is 2.28. The van der Waals surface area contributed by atoms with E-state index in [0.29, 0.717) is 36.4 Å². The molecule has 1 fully saturated rings. The maximum Gasteiger partial charge on any atom is 0.257 e. The monoisotopic (exact) mass is 544 g/mol. The normalized spacial score (nSPS) is 16.2. The van der Waals surface area contributed by atoms with Crippen molar-refractivity contribution in [3.8, 4) is 0 Å². The molecule has 2 aromatic rings. The van der Waals surface area contributed by atoms with Gasteiger partial charge in [0.15, 0.2) is 6.20 Å². The van der Waals surface area contributed by atoms with Crippen LogP contribution in [0.1, 0.15) is 66.7 Å². The first-order valence-corrected chi connectivity index (χ1v) is 13.3. The first kappa shape index (κ1) is 27.1. The Morgan fingerprint density at radius 1 is 1.23 bits per heavy atom. The molecule has 35 heavy (non-hydrogen) atoms. The fraction of sp³-hybridized carbons (Fsp3) is 0.519. The summed E-state index contributed by atoms with van der Waals surface area (Å²) in [5, 5.41) is 19.4. The Morgan fingerprint density at radius 2 is 1.91 bits per heavy atom. The third kappa shape index (κ3) is 7.04. The van der Waals surface area contributed by atoms with E-state index in [0.717, 1.165) is 64.8 Å². The molecule has 1 amide bonds. The molecule has 1 saturated heterocycles. The SMILES string of the molecule is CCO/N=C(/c1ccc(Br)cc1)C1CCN(C(CC)CCNC(=O)c2c(C)cc[n+]([O-])c2C)CC1. The van der Waals surface area contributed by atoms with Crippen LogP contribution in [-0.4, -0.2) is 48.8 Å². The van der Waals surface area contributed by atoms with Gasteiger partial charge in [0, 0.05) is 36.0 Å². The summed E-state index contributed by atoms with van der Waals surface area (Å²) in [7, 11) is 0. The van der Waals surface area contributed by atoms with E-state index in [1.807, 2.05) is 26.0 Å². The Morgan fingerprint density at radius 3 is 2.54 bits per heavy atom. The van der Waals surface area contributed by atoms with Gasteiger partial charge in [0.1, 0.15) is 12.2 Å². The summed E-state index contributed by atoms with van der Waals surface area (Å²) in [6.07, 6.45) is 5.39. The van der Waals surface area contributed by atoms with Crippen molar-refractivity contribution in [3.63, 3.8) is 0 Å². The summed E-state index contributed by atoms with van der Waals surface area (Å²) in [6.45, 7) is 10.8. The molecule has 1 N–H and O–H groups in total. The van der Waals surface area contributed by atoms with E-state index in [-0.39, 0.29) is 5.91 Å². The van der Waals surface area contributed by atoms with Crippen LogP contribution in [0.3, 0.4) is 0 Å². The standard InChI is InChI=1S/C27H37BrN4O3/c1-5-24(11-15-29-27(33)25-19(3)12-18-32(34)20(25)4)31-16-13-22(14-17-31)26(30-35-6-2)21-7-9-23(28)10-8-21/h7-10,12,18,22,24H,5-6,11,13-17H2,1-4H3,(H,29,33)/b30-26-. The molecule has 1 atom stereocenters. The summed E-state index contributed by atoms with van der Waals surface area (Å²) in [6, 6.07) is 10.4. The van der Waals surface area contributed by atoms with E-state index in [9.17, 15) is 10.0 Å². The van der Waals surface area contributed by atoms with Crippen LogP contribution in [0.2, 0.25) is 0 Å². The molecule has 7 nitrogen and oxygen atoms in total. The number of nitrogens with one attached hydrogen (secondary N) is 1. The van der Waals surface area contributed by atoms with Gasteiger partial charge in [-0.1, -0.05) is 40.1 Å². The molecule has 1 aliphatic rings. The number of amides is 1. The van der Waals surface area contributed by atoms with E-state index >= 15 is 0 Å². The molecule has 1 aromatic heterocycles. The minimum atomic E-state index is -0.176. The van der Waals surface area contributed by atoms with Crippen LogP contribution in [0.4, 0.5) is 0 Å². The summed E-state index contributed by atoms with van der Waals surface area (Å²) < 4.78 is 1.80. The number of likely N-dealkylation sites (tertiary alicyclic amines) is 1. The predicted octanol–water partition coefficient (Wildman–Crippen LogP) is 4.75. The molecule has 0 bridgehead atoms. The lowest BCUT2D eigenvalue weighted by Gasteiger charge is -2.37. The molecule has 0 radical (unpaired) electrons. The molecule has 2 heterocycles. The fourth-order valence-electron chi connectivity index (χ4n) is 4.85. The number of benzene rings is 1. The summed E-state index contributed by atoms with van der Waals surface area (Å²) in [5.74, 6) is 0.184. The zero-order chi connectivity index (χ0) is 25.4. The molecule has 8 heteroatoms. The number of aryl methyl sites for hydroxylation is 1. The number of carbonyl (C=O) groups is 1. The van der Waals surface area contributed by atoms with Gasteiger partial charge in [0.2, 0.25) is 5.69 Å². The van der Waals surface area contributed by atoms with Crippen molar-refractivity contribution in [1.82, 2.24) is 10.2 Å². The van der Waals surface area contributed by atoms with Crippen LogP contribution in [-0.2, 0) is 4.84 Å². The lowest BCUT2D eigenvalue weighted by Crippen LogP contribution is -2.44. The van der Waals surface area contributed by atoms with Crippen LogP contribution in [0.15, 0.2) is 46.2 Å². The second-order valence-electron chi connectivity index (χ2n) is 9.10. The number of nitrogens with zero attached hydrogens (tertiary/aromatic N) is 3. The van der Waals surface area contributed by atoms with E-state index in [1.54, 1.807) is 13.0 Å². The highest BCUT2D eigenvalue weighted by atomic mass is 79.9. The molecule has 0 spiro atoms. The van der Waals surface area contributed by atoms with Crippen LogP contribution in [0, 0.1) is 25.0 Å². The Bertz CT molecular complexity index is 1020. The Balaban J connectivity index is 1.56. The zero-order valence-electron chi connectivity index (χ0n) is 21.2. The van der Waals surface area contributed by atoms with Gasteiger partial charge in [-0.3, -0.25) is 4.79 Å². The summed E-state index contributed by atoms with van der Waals surface area (Å²) >= 11 is 3.51. The van der Waals surface area contributed by atoms with Gasteiger partial charge in [-0.05, 0) is 75.9 Å². The largest absolute Gasteiger partial charge is 0.618 e. The van der Waals surface area contributed by atoms with Gasteiger partial charge < -0.3 is 20.3 Å².